The zero-order valence-corrected chi connectivity index (χ0v) is 13.2. The van der Waals surface area contributed by atoms with Crippen molar-refractivity contribution in [1.82, 2.24) is 4.90 Å². The quantitative estimate of drug-likeness (QED) is 0.604. The molecule has 0 saturated carbocycles. The Hall–Kier alpha value is -2.83. The summed E-state index contributed by atoms with van der Waals surface area (Å²) in [4.78, 5) is 24.0. The molecule has 0 atom stereocenters. The van der Waals surface area contributed by atoms with E-state index in [2.05, 4.69) is 0 Å². The van der Waals surface area contributed by atoms with E-state index in [0.717, 1.165) is 11.3 Å². The predicted octanol–water partition coefficient (Wildman–Crippen LogP) is 2.84. The van der Waals surface area contributed by atoms with Crippen LogP contribution in [0.1, 0.15) is 17.1 Å². The number of furan rings is 1. The molecule has 1 aromatic heterocycles. The van der Waals surface area contributed by atoms with Gasteiger partial charge in [0.05, 0.1) is 11.5 Å². The number of benzene rings is 1. The molecule has 122 valence electrons. The lowest BCUT2D eigenvalue weighted by molar-refractivity contribution is -0.385. The highest BCUT2D eigenvalue weighted by Crippen LogP contribution is 2.27. The minimum Gasteiger partial charge on any atom is -0.477 e. The van der Waals surface area contributed by atoms with Gasteiger partial charge in [0.25, 0.3) is 5.91 Å². The summed E-state index contributed by atoms with van der Waals surface area (Å²) >= 11 is 0. The van der Waals surface area contributed by atoms with Crippen molar-refractivity contribution in [2.45, 2.75) is 20.4 Å². The highest BCUT2D eigenvalue weighted by molar-refractivity contribution is 5.77. The maximum atomic E-state index is 12.1. The van der Waals surface area contributed by atoms with Gasteiger partial charge >= 0.3 is 5.69 Å². The van der Waals surface area contributed by atoms with Crippen LogP contribution in [0.5, 0.6) is 5.75 Å². The lowest BCUT2D eigenvalue weighted by atomic mass is 10.2. The smallest absolute Gasteiger partial charge is 0.311 e. The zero-order valence-electron chi connectivity index (χ0n) is 13.2. The van der Waals surface area contributed by atoms with E-state index >= 15 is 0 Å². The Labute approximate surface area is 133 Å². The van der Waals surface area contributed by atoms with Gasteiger partial charge in [0, 0.05) is 13.1 Å². The standard InChI is InChI=1S/C16H18N2O5/c1-11-4-7-15(14(8-11)18(20)21)22-10-16(19)17(3)9-13-6-5-12(2)23-13/h4-8H,9-10H2,1-3H3. The van der Waals surface area contributed by atoms with Crippen molar-refractivity contribution >= 4 is 11.6 Å². The molecule has 1 aromatic carbocycles. The molecule has 7 nitrogen and oxygen atoms in total. The first-order valence-corrected chi connectivity index (χ1v) is 7.04. The van der Waals surface area contributed by atoms with Crippen molar-refractivity contribution in [3.05, 3.63) is 57.5 Å². The number of nitro benzene ring substituents is 1. The number of amides is 1. The molecule has 1 amide bonds. The number of hydrogen-bond donors (Lipinski definition) is 0. The van der Waals surface area contributed by atoms with Crippen molar-refractivity contribution in [2.24, 2.45) is 0 Å². The van der Waals surface area contributed by atoms with Gasteiger partial charge in [-0.15, -0.1) is 0 Å². The molecule has 7 heteroatoms. The van der Waals surface area contributed by atoms with Gasteiger partial charge in [0.1, 0.15) is 11.5 Å². The van der Waals surface area contributed by atoms with E-state index in [1.54, 1.807) is 26.1 Å². The molecule has 0 spiro atoms. The van der Waals surface area contributed by atoms with Crippen LogP contribution in [0.3, 0.4) is 0 Å². The number of carbonyl (C=O) groups is 1. The van der Waals surface area contributed by atoms with Crippen LogP contribution >= 0.6 is 0 Å². The first-order valence-electron chi connectivity index (χ1n) is 7.04. The molecule has 23 heavy (non-hydrogen) atoms. The fraction of sp³-hybridized carbons (Fsp3) is 0.312. The van der Waals surface area contributed by atoms with Gasteiger partial charge in [-0.2, -0.15) is 0 Å². The number of rotatable bonds is 6. The molecule has 0 aliphatic rings. The van der Waals surface area contributed by atoms with Crippen molar-refractivity contribution < 1.29 is 18.9 Å². The number of hydrogen-bond acceptors (Lipinski definition) is 5. The largest absolute Gasteiger partial charge is 0.477 e. The Kier molecular flexibility index (Phi) is 5.00. The minimum atomic E-state index is -0.526. The fourth-order valence-electron chi connectivity index (χ4n) is 2.03. The second-order valence-corrected chi connectivity index (χ2v) is 5.28. The monoisotopic (exact) mass is 318 g/mol. The summed E-state index contributed by atoms with van der Waals surface area (Å²) in [5, 5.41) is 11.0. The van der Waals surface area contributed by atoms with Crippen LogP contribution in [0.2, 0.25) is 0 Å². The van der Waals surface area contributed by atoms with Gasteiger partial charge < -0.3 is 14.1 Å². The van der Waals surface area contributed by atoms with E-state index in [4.69, 9.17) is 9.15 Å². The van der Waals surface area contributed by atoms with E-state index in [-0.39, 0.29) is 24.0 Å². The molecular weight excluding hydrogens is 300 g/mol. The van der Waals surface area contributed by atoms with Gasteiger partial charge in [-0.3, -0.25) is 14.9 Å². The van der Waals surface area contributed by atoms with Crippen LogP contribution in [0, 0.1) is 24.0 Å². The van der Waals surface area contributed by atoms with Gasteiger partial charge in [-0.1, -0.05) is 6.07 Å². The van der Waals surface area contributed by atoms with Crippen LogP contribution in [0.25, 0.3) is 0 Å². The number of nitrogens with zero attached hydrogens (tertiary/aromatic N) is 2. The Morgan fingerprint density at radius 1 is 1.30 bits per heavy atom. The van der Waals surface area contributed by atoms with E-state index < -0.39 is 4.92 Å². The molecule has 0 fully saturated rings. The normalized spacial score (nSPS) is 10.4. The molecule has 0 radical (unpaired) electrons. The van der Waals surface area contributed by atoms with Gasteiger partial charge in [0.15, 0.2) is 12.4 Å². The van der Waals surface area contributed by atoms with E-state index in [1.165, 1.54) is 17.0 Å². The average molecular weight is 318 g/mol. The van der Waals surface area contributed by atoms with Crippen molar-refractivity contribution in [2.75, 3.05) is 13.7 Å². The molecular formula is C16H18N2O5. The van der Waals surface area contributed by atoms with Gasteiger partial charge in [-0.05, 0) is 37.6 Å². The average Bonchev–Trinajstić information content (AvgIpc) is 2.90. The second kappa shape index (κ2) is 6.95. The summed E-state index contributed by atoms with van der Waals surface area (Å²) in [6.07, 6.45) is 0. The number of aryl methyl sites for hydroxylation is 2. The molecule has 2 aromatic rings. The third kappa shape index (κ3) is 4.32. The fourth-order valence-corrected chi connectivity index (χ4v) is 2.03. The van der Waals surface area contributed by atoms with Gasteiger partial charge in [0.2, 0.25) is 0 Å². The van der Waals surface area contributed by atoms with Gasteiger partial charge in [-0.25, -0.2) is 0 Å². The maximum absolute atomic E-state index is 12.1. The highest BCUT2D eigenvalue weighted by atomic mass is 16.6. The summed E-state index contributed by atoms with van der Waals surface area (Å²) in [7, 11) is 1.62. The second-order valence-electron chi connectivity index (χ2n) is 5.28. The third-order valence-corrected chi connectivity index (χ3v) is 3.28. The van der Waals surface area contributed by atoms with Crippen LogP contribution < -0.4 is 4.74 Å². The number of carbonyl (C=O) groups excluding carboxylic acids is 1. The summed E-state index contributed by atoms with van der Waals surface area (Å²) < 4.78 is 10.7. The molecule has 0 bridgehead atoms. The topological polar surface area (TPSA) is 85.8 Å². The SMILES string of the molecule is Cc1ccc(OCC(=O)N(C)Cc2ccc(C)o2)c([N+](=O)[O-])c1. The Morgan fingerprint density at radius 2 is 2.04 bits per heavy atom. The molecule has 2 rings (SSSR count). The maximum Gasteiger partial charge on any atom is 0.311 e. The van der Waals surface area contributed by atoms with E-state index in [1.807, 2.05) is 13.0 Å². The van der Waals surface area contributed by atoms with Crippen molar-refractivity contribution in [3.63, 3.8) is 0 Å². The molecule has 0 aliphatic heterocycles. The molecule has 0 aliphatic carbocycles. The van der Waals surface area contributed by atoms with E-state index in [0.29, 0.717) is 12.3 Å². The summed E-state index contributed by atoms with van der Waals surface area (Å²) in [6, 6.07) is 8.22. The van der Waals surface area contributed by atoms with Crippen molar-refractivity contribution in [3.8, 4) is 5.75 Å². The molecule has 0 N–H and O–H groups in total. The lowest BCUT2D eigenvalue weighted by Gasteiger charge is -2.16. The number of ether oxygens (including phenoxy) is 1. The molecule has 0 saturated heterocycles. The third-order valence-electron chi connectivity index (χ3n) is 3.28. The lowest BCUT2D eigenvalue weighted by Crippen LogP contribution is -2.30. The van der Waals surface area contributed by atoms with Crippen molar-refractivity contribution in [1.29, 1.82) is 0 Å². The zero-order chi connectivity index (χ0) is 17.0. The minimum absolute atomic E-state index is 0.0798. The molecule has 0 unspecified atom stereocenters. The number of nitro groups is 1. The summed E-state index contributed by atoms with van der Waals surface area (Å²) in [5.74, 6) is 1.22. The molecule has 1 heterocycles. The number of likely N-dealkylation sites (N-methyl/N-ethyl adjacent to an activating group) is 1. The van der Waals surface area contributed by atoms with Crippen LogP contribution in [0.15, 0.2) is 34.7 Å². The first kappa shape index (κ1) is 16.5. The van der Waals surface area contributed by atoms with E-state index in [9.17, 15) is 14.9 Å². The predicted molar refractivity (Wildman–Crippen MR) is 83.2 cm³/mol. The highest BCUT2D eigenvalue weighted by Gasteiger charge is 2.18. The summed E-state index contributed by atoms with van der Waals surface area (Å²) in [6.45, 7) is 3.61. The Bertz CT molecular complexity index is 723. The van der Waals surface area contributed by atoms with Crippen LogP contribution in [-0.4, -0.2) is 29.4 Å². The first-order chi connectivity index (χ1) is 10.9. The van der Waals surface area contributed by atoms with Crippen LogP contribution in [0.4, 0.5) is 5.69 Å². The Morgan fingerprint density at radius 3 is 2.65 bits per heavy atom. The Balaban J connectivity index is 1.97. The summed E-state index contributed by atoms with van der Waals surface area (Å²) in [5.41, 5.74) is 0.600. The van der Waals surface area contributed by atoms with Crippen LogP contribution in [-0.2, 0) is 11.3 Å².